The maximum Gasteiger partial charge on any atom is 0.255 e. The van der Waals surface area contributed by atoms with Crippen molar-refractivity contribution in [3.05, 3.63) is 59.7 Å². The molecule has 1 heterocycles. The van der Waals surface area contributed by atoms with Gasteiger partial charge in [-0.25, -0.2) is 8.42 Å². The molecule has 144 valence electrons. The summed E-state index contributed by atoms with van der Waals surface area (Å²) in [5.74, 6) is 0.135. The van der Waals surface area contributed by atoms with Gasteiger partial charge in [0.05, 0.1) is 4.90 Å². The highest BCUT2D eigenvalue weighted by atomic mass is 35.5. The third-order valence-electron chi connectivity index (χ3n) is 4.58. The first-order valence-corrected chi connectivity index (χ1v) is 10.6. The normalized spacial score (nSPS) is 16.2. The average molecular weight is 408 g/mol. The lowest BCUT2D eigenvalue weighted by molar-refractivity contribution is 0.102. The van der Waals surface area contributed by atoms with Crippen LogP contribution in [0.1, 0.15) is 15.9 Å². The van der Waals surface area contributed by atoms with Gasteiger partial charge in [0.15, 0.2) is 0 Å². The number of carbonyl (C=O) groups excluding carboxylic acids is 1. The topological polar surface area (TPSA) is 69.7 Å². The molecule has 0 radical (unpaired) electrons. The second-order valence-electron chi connectivity index (χ2n) is 6.52. The molecule has 1 amide bonds. The minimum Gasteiger partial charge on any atom is -0.322 e. The molecule has 1 fully saturated rings. The summed E-state index contributed by atoms with van der Waals surface area (Å²) >= 11 is 5.75. The molecular formula is C19H22ClN3O3S. The molecule has 0 aliphatic carbocycles. The summed E-state index contributed by atoms with van der Waals surface area (Å²) in [6.45, 7) is 2.40. The summed E-state index contributed by atoms with van der Waals surface area (Å²) in [7, 11) is -1.53. The molecule has 3 rings (SSSR count). The van der Waals surface area contributed by atoms with E-state index in [1.165, 1.54) is 16.4 Å². The fraction of sp³-hybridized carbons (Fsp3) is 0.316. The van der Waals surface area contributed by atoms with Crippen LogP contribution in [0.25, 0.3) is 0 Å². The Kier molecular flexibility index (Phi) is 6.16. The van der Waals surface area contributed by atoms with Crippen molar-refractivity contribution < 1.29 is 13.2 Å². The molecule has 27 heavy (non-hydrogen) atoms. The molecule has 0 spiro atoms. The van der Waals surface area contributed by atoms with Gasteiger partial charge in [-0.3, -0.25) is 4.79 Å². The Morgan fingerprint density at radius 2 is 1.59 bits per heavy atom. The Morgan fingerprint density at radius 1 is 1.00 bits per heavy atom. The van der Waals surface area contributed by atoms with Crippen molar-refractivity contribution in [1.82, 2.24) is 9.21 Å². The zero-order valence-corrected chi connectivity index (χ0v) is 16.6. The number of amides is 1. The molecule has 0 unspecified atom stereocenters. The van der Waals surface area contributed by atoms with Crippen LogP contribution < -0.4 is 5.32 Å². The van der Waals surface area contributed by atoms with E-state index in [4.69, 9.17) is 11.6 Å². The Hall–Kier alpha value is -1.93. The van der Waals surface area contributed by atoms with Gasteiger partial charge >= 0.3 is 0 Å². The highest BCUT2D eigenvalue weighted by Gasteiger charge is 2.27. The maximum atomic E-state index is 12.7. The van der Waals surface area contributed by atoms with Gasteiger partial charge in [0.1, 0.15) is 0 Å². The van der Waals surface area contributed by atoms with Crippen LogP contribution in [-0.2, 0) is 15.9 Å². The molecular weight excluding hydrogens is 386 g/mol. The number of halogens is 1. The Balaban J connectivity index is 1.68. The van der Waals surface area contributed by atoms with Crippen LogP contribution in [0.15, 0.2) is 53.4 Å². The first-order chi connectivity index (χ1) is 12.9. The number of alkyl halides is 1. The lowest BCUT2D eigenvalue weighted by Crippen LogP contribution is -2.46. The zero-order chi connectivity index (χ0) is 19.4. The SMILES string of the molecule is CN1CCN(S(=O)(=O)c2ccc(NC(=O)c3ccc(CCl)cc3)cc2)CC1. The minimum atomic E-state index is -3.51. The fourth-order valence-electron chi connectivity index (χ4n) is 2.84. The third-order valence-corrected chi connectivity index (χ3v) is 6.80. The van der Waals surface area contributed by atoms with E-state index in [9.17, 15) is 13.2 Å². The van der Waals surface area contributed by atoms with Gasteiger partial charge in [-0.05, 0) is 49.0 Å². The van der Waals surface area contributed by atoms with Crippen molar-refractivity contribution in [3.8, 4) is 0 Å². The molecule has 0 aromatic heterocycles. The molecule has 1 aliphatic rings. The Morgan fingerprint density at radius 3 is 2.15 bits per heavy atom. The summed E-state index contributed by atoms with van der Waals surface area (Å²) in [6.07, 6.45) is 0. The van der Waals surface area contributed by atoms with Gasteiger partial charge in [0.25, 0.3) is 5.91 Å². The lowest BCUT2D eigenvalue weighted by atomic mass is 10.1. The van der Waals surface area contributed by atoms with Gasteiger partial charge in [-0.1, -0.05) is 12.1 Å². The van der Waals surface area contributed by atoms with E-state index in [2.05, 4.69) is 10.2 Å². The number of benzene rings is 2. The number of nitrogens with one attached hydrogen (secondary N) is 1. The Labute approximate surface area is 164 Å². The van der Waals surface area contributed by atoms with Gasteiger partial charge in [-0.15, -0.1) is 11.6 Å². The number of piperazine rings is 1. The molecule has 2 aromatic rings. The second kappa shape index (κ2) is 8.39. The number of likely N-dealkylation sites (N-methyl/N-ethyl adjacent to an activating group) is 1. The zero-order valence-electron chi connectivity index (χ0n) is 15.1. The van der Waals surface area contributed by atoms with Gasteiger partial charge in [-0.2, -0.15) is 4.31 Å². The molecule has 1 N–H and O–H groups in total. The van der Waals surface area contributed by atoms with Crippen molar-refractivity contribution in [2.45, 2.75) is 10.8 Å². The standard InChI is InChI=1S/C19H22ClN3O3S/c1-22-10-12-23(13-11-22)27(25,26)18-8-6-17(7-9-18)21-19(24)16-4-2-15(14-20)3-5-16/h2-9H,10-14H2,1H3,(H,21,24). The molecule has 0 atom stereocenters. The minimum absolute atomic E-state index is 0.233. The number of anilines is 1. The van der Waals surface area contributed by atoms with Crippen molar-refractivity contribution >= 4 is 33.2 Å². The van der Waals surface area contributed by atoms with Crippen LogP contribution in [0.3, 0.4) is 0 Å². The number of sulfonamides is 1. The summed E-state index contributed by atoms with van der Waals surface area (Å²) < 4.78 is 26.9. The smallest absolute Gasteiger partial charge is 0.255 e. The van der Waals surface area contributed by atoms with Gasteiger partial charge in [0, 0.05) is 43.3 Å². The van der Waals surface area contributed by atoms with E-state index in [1.807, 2.05) is 7.05 Å². The lowest BCUT2D eigenvalue weighted by Gasteiger charge is -2.31. The van der Waals surface area contributed by atoms with Crippen LogP contribution in [0, 0.1) is 0 Å². The van der Waals surface area contributed by atoms with Crippen LogP contribution in [-0.4, -0.2) is 56.8 Å². The first-order valence-electron chi connectivity index (χ1n) is 8.65. The monoisotopic (exact) mass is 407 g/mol. The second-order valence-corrected chi connectivity index (χ2v) is 8.72. The van der Waals surface area contributed by atoms with Crippen molar-refractivity contribution in [2.75, 3.05) is 38.5 Å². The summed E-state index contributed by atoms with van der Waals surface area (Å²) in [4.78, 5) is 14.6. The molecule has 2 aromatic carbocycles. The van der Waals surface area contributed by atoms with Crippen LogP contribution >= 0.6 is 11.6 Å². The predicted octanol–water partition coefficient (Wildman–Crippen LogP) is 2.61. The van der Waals surface area contributed by atoms with Crippen LogP contribution in [0.4, 0.5) is 5.69 Å². The van der Waals surface area contributed by atoms with E-state index >= 15 is 0 Å². The highest BCUT2D eigenvalue weighted by Crippen LogP contribution is 2.20. The number of nitrogens with zero attached hydrogens (tertiary/aromatic N) is 2. The number of carbonyl (C=O) groups is 1. The van der Waals surface area contributed by atoms with E-state index < -0.39 is 10.0 Å². The molecule has 6 nitrogen and oxygen atoms in total. The summed E-state index contributed by atoms with van der Waals surface area (Å²) in [6, 6.07) is 13.3. The number of rotatable bonds is 5. The fourth-order valence-corrected chi connectivity index (χ4v) is 4.44. The van der Waals surface area contributed by atoms with Crippen molar-refractivity contribution in [2.24, 2.45) is 0 Å². The molecule has 1 aliphatic heterocycles. The summed E-state index contributed by atoms with van der Waals surface area (Å²) in [5.41, 5.74) is 1.99. The van der Waals surface area contributed by atoms with Crippen molar-refractivity contribution in [3.63, 3.8) is 0 Å². The number of hydrogen-bond donors (Lipinski definition) is 1. The van der Waals surface area contributed by atoms with Gasteiger partial charge in [0.2, 0.25) is 10.0 Å². The van der Waals surface area contributed by atoms with E-state index in [1.54, 1.807) is 36.4 Å². The molecule has 0 saturated carbocycles. The molecule has 1 saturated heterocycles. The Bertz CT molecular complexity index is 891. The number of hydrogen-bond acceptors (Lipinski definition) is 4. The quantitative estimate of drug-likeness (QED) is 0.773. The summed E-state index contributed by atoms with van der Waals surface area (Å²) in [5, 5.41) is 2.77. The predicted molar refractivity (Wildman–Crippen MR) is 107 cm³/mol. The van der Waals surface area contributed by atoms with Crippen LogP contribution in [0.2, 0.25) is 0 Å². The average Bonchev–Trinajstić information content (AvgIpc) is 2.69. The largest absolute Gasteiger partial charge is 0.322 e. The molecule has 8 heteroatoms. The maximum absolute atomic E-state index is 12.7. The van der Waals surface area contributed by atoms with E-state index in [0.717, 1.165) is 18.7 Å². The third kappa shape index (κ3) is 4.68. The van der Waals surface area contributed by atoms with E-state index in [0.29, 0.717) is 30.2 Å². The van der Waals surface area contributed by atoms with E-state index in [-0.39, 0.29) is 10.8 Å². The first kappa shape index (κ1) is 19.8. The molecule has 0 bridgehead atoms. The van der Waals surface area contributed by atoms with Crippen LogP contribution in [0.5, 0.6) is 0 Å². The van der Waals surface area contributed by atoms with Gasteiger partial charge < -0.3 is 10.2 Å². The highest BCUT2D eigenvalue weighted by molar-refractivity contribution is 7.89. The van der Waals surface area contributed by atoms with Crippen molar-refractivity contribution in [1.29, 1.82) is 0 Å².